The van der Waals surface area contributed by atoms with Crippen LogP contribution in [0, 0.1) is 0 Å². The average molecular weight is 275 g/mol. The van der Waals surface area contributed by atoms with E-state index in [2.05, 4.69) is 10.6 Å². The molecule has 18 heavy (non-hydrogen) atoms. The molecule has 2 amide bonds. The lowest BCUT2D eigenvalue weighted by atomic mass is 10.4. The molecule has 0 aliphatic heterocycles. The van der Waals surface area contributed by atoms with Crippen LogP contribution in [0.15, 0.2) is 16.5 Å². The van der Waals surface area contributed by atoms with Crippen molar-refractivity contribution in [2.45, 2.75) is 5.88 Å². The Balaban J connectivity index is 2.30. The van der Waals surface area contributed by atoms with E-state index in [0.29, 0.717) is 18.9 Å². The Morgan fingerprint density at radius 2 is 2.17 bits per heavy atom. The summed E-state index contributed by atoms with van der Waals surface area (Å²) in [5, 5.41) is 5.01. The van der Waals surface area contributed by atoms with E-state index in [9.17, 15) is 9.59 Å². The lowest BCUT2D eigenvalue weighted by Gasteiger charge is -2.05. The van der Waals surface area contributed by atoms with Gasteiger partial charge in [-0.05, 0) is 12.1 Å². The van der Waals surface area contributed by atoms with Gasteiger partial charge in [0.2, 0.25) is 5.91 Å². The van der Waals surface area contributed by atoms with Crippen LogP contribution in [0.25, 0.3) is 0 Å². The van der Waals surface area contributed by atoms with Gasteiger partial charge >= 0.3 is 0 Å². The van der Waals surface area contributed by atoms with Gasteiger partial charge in [0.15, 0.2) is 5.76 Å². The number of nitrogens with one attached hydrogen (secondary N) is 2. The maximum Gasteiger partial charge on any atom is 0.287 e. The predicted octanol–water partition coefficient (Wildman–Crippen LogP) is 0.511. The molecule has 0 radical (unpaired) electrons. The first-order valence-electron chi connectivity index (χ1n) is 5.36. The number of carbonyl (C=O) groups excluding carboxylic acids is 2. The van der Waals surface area contributed by atoms with Crippen LogP contribution < -0.4 is 10.6 Å². The lowest BCUT2D eigenvalue weighted by molar-refractivity contribution is -0.120. The van der Waals surface area contributed by atoms with E-state index in [1.165, 1.54) is 6.07 Å². The second-order valence-corrected chi connectivity index (χ2v) is 3.69. The first kappa shape index (κ1) is 14.5. The van der Waals surface area contributed by atoms with Gasteiger partial charge in [0, 0.05) is 13.7 Å². The third-order valence-corrected chi connectivity index (χ3v) is 2.32. The normalized spacial score (nSPS) is 10.1. The van der Waals surface area contributed by atoms with Gasteiger partial charge in [-0.25, -0.2) is 0 Å². The smallest absolute Gasteiger partial charge is 0.287 e. The Bertz CT molecular complexity index is 406. The van der Waals surface area contributed by atoms with Crippen LogP contribution in [0.1, 0.15) is 16.3 Å². The van der Waals surface area contributed by atoms with E-state index in [1.807, 2.05) is 0 Å². The van der Waals surface area contributed by atoms with Gasteiger partial charge in [0.25, 0.3) is 5.91 Å². The topological polar surface area (TPSA) is 80.6 Å². The molecule has 6 nitrogen and oxygen atoms in total. The zero-order valence-electron chi connectivity index (χ0n) is 9.99. The molecule has 0 unspecified atom stereocenters. The number of hydrogen-bond donors (Lipinski definition) is 2. The summed E-state index contributed by atoms with van der Waals surface area (Å²) < 4.78 is 9.90. The lowest BCUT2D eigenvalue weighted by Crippen LogP contribution is -2.38. The first-order valence-corrected chi connectivity index (χ1v) is 5.89. The van der Waals surface area contributed by atoms with E-state index < -0.39 is 5.91 Å². The number of hydrogen-bond acceptors (Lipinski definition) is 4. The maximum atomic E-state index is 11.6. The summed E-state index contributed by atoms with van der Waals surface area (Å²) in [6.07, 6.45) is 0. The number of methoxy groups -OCH3 is 1. The monoisotopic (exact) mass is 274 g/mol. The summed E-state index contributed by atoms with van der Waals surface area (Å²) in [4.78, 5) is 22.8. The highest BCUT2D eigenvalue weighted by atomic mass is 35.5. The van der Waals surface area contributed by atoms with Crippen molar-refractivity contribution < 1.29 is 18.7 Å². The van der Waals surface area contributed by atoms with Crippen molar-refractivity contribution in [3.05, 3.63) is 23.7 Å². The number of rotatable bonds is 7. The van der Waals surface area contributed by atoms with Crippen LogP contribution in [-0.2, 0) is 15.4 Å². The van der Waals surface area contributed by atoms with Crippen LogP contribution in [0.3, 0.4) is 0 Å². The molecule has 1 aromatic heterocycles. The zero-order chi connectivity index (χ0) is 13.4. The Morgan fingerprint density at radius 3 is 2.78 bits per heavy atom. The van der Waals surface area contributed by atoms with Crippen LogP contribution in [0.4, 0.5) is 0 Å². The Labute approximate surface area is 110 Å². The second kappa shape index (κ2) is 7.73. The number of carbonyl (C=O) groups is 2. The van der Waals surface area contributed by atoms with Crippen molar-refractivity contribution in [2.24, 2.45) is 0 Å². The number of furan rings is 1. The van der Waals surface area contributed by atoms with Crippen molar-refractivity contribution in [3.8, 4) is 0 Å². The molecule has 0 aromatic carbocycles. The highest BCUT2D eigenvalue weighted by molar-refractivity contribution is 6.16. The third-order valence-electron chi connectivity index (χ3n) is 2.06. The van der Waals surface area contributed by atoms with Gasteiger partial charge in [0.1, 0.15) is 5.76 Å². The van der Waals surface area contributed by atoms with Gasteiger partial charge < -0.3 is 19.8 Å². The Kier molecular flexibility index (Phi) is 6.24. The van der Waals surface area contributed by atoms with Crippen LogP contribution in [0.2, 0.25) is 0 Å². The molecule has 0 aliphatic carbocycles. The summed E-state index contributed by atoms with van der Waals surface area (Å²) in [5.74, 6) is 0.101. The van der Waals surface area contributed by atoms with E-state index in [4.69, 9.17) is 20.8 Å². The molecular weight excluding hydrogens is 260 g/mol. The molecule has 100 valence electrons. The summed E-state index contributed by atoms with van der Waals surface area (Å²) in [6, 6.07) is 3.12. The van der Waals surface area contributed by atoms with E-state index in [-0.39, 0.29) is 24.1 Å². The molecule has 1 rings (SSSR count). The molecule has 1 heterocycles. The third kappa shape index (κ3) is 4.77. The van der Waals surface area contributed by atoms with Gasteiger partial charge in [0.05, 0.1) is 19.0 Å². The minimum absolute atomic E-state index is 0.112. The fraction of sp³-hybridized carbons (Fsp3) is 0.455. The molecule has 0 saturated heterocycles. The number of ether oxygens (including phenoxy) is 1. The molecule has 0 atom stereocenters. The number of alkyl halides is 1. The fourth-order valence-electron chi connectivity index (χ4n) is 1.17. The molecular formula is C11H15ClN2O4. The van der Waals surface area contributed by atoms with Crippen molar-refractivity contribution in [1.82, 2.24) is 10.6 Å². The molecule has 0 saturated carbocycles. The quantitative estimate of drug-likeness (QED) is 0.561. The standard InChI is InChI=1S/C11H15ClN2O4/c1-17-5-4-13-10(15)7-14-11(16)9-3-2-8(6-12)18-9/h2-3H,4-7H2,1H3,(H,13,15)(H,14,16). The summed E-state index contributed by atoms with van der Waals surface area (Å²) in [6.45, 7) is 0.721. The van der Waals surface area contributed by atoms with Crippen LogP contribution in [0.5, 0.6) is 0 Å². The van der Waals surface area contributed by atoms with Gasteiger partial charge in [-0.2, -0.15) is 0 Å². The van der Waals surface area contributed by atoms with Crippen LogP contribution in [-0.4, -0.2) is 38.6 Å². The average Bonchev–Trinajstić information content (AvgIpc) is 2.85. The molecule has 0 fully saturated rings. The van der Waals surface area contributed by atoms with Crippen molar-refractivity contribution in [3.63, 3.8) is 0 Å². The first-order chi connectivity index (χ1) is 8.67. The van der Waals surface area contributed by atoms with Gasteiger partial charge in [-0.15, -0.1) is 11.6 Å². The molecule has 1 aromatic rings. The largest absolute Gasteiger partial charge is 0.455 e. The predicted molar refractivity (Wildman–Crippen MR) is 65.5 cm³/mol. The SMILES string of the molecule is COCCNC(=O)CNC(=O)c1ccc(CCl)o1. The van der Waals surface area contributed by atoms with E-state index >= 15 is 0 Å². The molecule has 0 spiro atoms. The highest BCUT2D eigenvalue weighted by Gasteiger charge is 2.11. The Hall–Kier alpha value is -1.53. The summed E-state index contributed by atoms with van der Waals surface area (Å²) >= 11 is 5.54. The van der Waals surface area contributed by atoms with Crippen molar-refractivity contribution in [1.29, 1.82) is 0 Å². The zero-order valence-corrected chi connectivity index (χ0v) is 10.8. The molecule has 2 N–H and O–H groups in total. The number of halogens is 1. The Morgan fingerprint density at radius 1 is 1.39 bits per heavy atom. The van der Waals surface area contributed by atoms with Crippen molar-refractivity contribution in [2.75, 3.05) is 26.8 Å². The van der Waals surface area contributed by atoms with Gasteiger partial charge in [-0.1, -0.05) is 0 Å². The second-order valence-electron chi connectivity index (χ2n) is 3.43. The van der Waals surface area contributed by atoms with Crippen molar-refractivity contribution >= 4 is 23.4 Å². The maximum absolute atomic E-state index is 11.6. The highest BCUT2D eigenvalue weighted by Crippen LogP contribution is 2.09. The number of amides is 2. The van der Waals surface area contributed by atoms with Gasteiger partial charge in [-0.3, -0.25) is 9.59 Å². The summed E-state index contributed by atoms with van der Waals surface area (Å²) in [7, 11) is 1.54. The molecule has 7 heteroatoms. The fourth-order valence-corrected chi connectivity index (χ4v) is 1.32. The van der Waals surface area contributed by atoms with E-state index in [1.54, 1.807) is 13.2 Å². The molecule has 0 aliphatic rings. The minimum Gasteiger partial charge on any atom is -0.455 e. The van der Waals surface area contributed by atoms with E-state index in [0.717, 1.165) is 0 Å². The minimum atomic E-state index is -0.451. The van der Waals surface area contributed by atoms with Crippen LogP contribution >= 0.6 is 11.6 Å². The molecule has 0 bridgehead atoms. The summed E-state index contributed by atoms with van der Waals surface area (Å²) in [5.41, 5.74) is 0.